The number of hydrogen-bond acceptors (Lipinski definition) is 12. The third kappa shape index (κ3) is 18.0. The fourth-order valence-corrected chi connectivity index (χ4v) is 8.49. The van der Waals surface area contributed by atoms with Gasteiger partial charge in [0.05, 0.1) is 89.6 Å². The second-order valence-electron chi connectivity index (χ2n) is 18.0. The summed E-state index contributed by atoms with van der Waals surface area (Å²) in [4.78, 5) is 62.0. The molecule has 65 heavy (non-hydrogen) atoms. The van der Waals surface area contributed by atoms with Crippen LogP contribution in [0.1, 0.15) is 75.3 Å². The molecule has 16 heteroatoms. The van der Waals surface area contributed by atoms with Crippen molar-refractivity contribution < 1.29 is 48.0 Å². The standard InChI is InChI=1S/C49H72N6O10/c1-49(2,3)54-48(60)43-31-37-15-8-9-16-38(37)33-55(43)34-44(56)41(30-35-12-6-5-7-13-35)52-47(59)42(53-46(58)40-19-18-36-14-10-11-17-39(36)51-40)32-45(57)50-20-21-62-24-25-64-28-29-65-27-26-63-23-22-61-4/h5-7,10-14,17-19,37-38,41-44,56H,8-9,15-16,20-34H2,1-4H3,(H,50,57)(H,52,59)(H,53,58)(H,54,60)/t37-,38+,41-,42-,43-,44+/m0/s1. The van der Waals surface area contributed by atoms with E-state index in [0.717, 1.165) is 36.6 Å². The zero-order valence-corrected chi connectivity index (χ0v) is 38.8. The number of hydrogen-bond donors (Lipinski definition) is 5. The lowest BCUT2D eigenvalue weighted by Gasteiger charge is -2.47. The molecule has 0 radical (unpaired) electrons. The lowest BCUT2D eigenvalue weighted by atomic mass is 9.72. The average molecular weight is 905 g/mol. The van der Waals surface area contributed by atoms with Gasteiger partial charge in [-0.25, -0.2) is 4.98 Å². The summed E-state index contributed by atoms with van der Waals surface area (Å²) in [5, 5.41) is 24.7. The van der Waals surface area contributed by atoms with Crippen molar-refractivity contribution in [1.82, 2.24) is 31.2 Å². The molecule has 1 saturated carbocycles. The first-order chi connectivity index (χ1) is 31.4. The molecular formula is C49H72N6O10. The number of aliphatic hydroxyl groups is 1. The van der Waals surface area contributed by atoms with E-state index in [9.17, 15) is 24.3 Å². The van der Waals surface area contributed by atoms with Crippen LogP contribution in [0.25, 0.3) is 10.9 Å². The zero-order valence-electron chi connectivity index (χ0n) is 38.8. The summed E-state index contributed by atoms with van der Waals surface area (Å²) >= 11 is 0. The van der Waals surface area contributed by atoms with Gasteiger partial charge >= 0.3 is 0 Å². The van der Waals surface area contributed by atoms with E-state index in [0.29, 0.717) is 83.2 Å². The predicted molar refractivity (Wildman–Crippen MR) is 247 cm³/mol. The number of piperidine rings is 1. The number of nitrogens with zero attached hydrogens (tertiary/aromatic N) is 2. The second-order valence-corrected chi connectivity index (χ2v) is 18.0. The van der Waals surface area contributed by atoms with Crippen LogP contribution in [0.2, 0.25) is 0 Å². The van der Waals surface area contributed by atoms with Crippen LogP contribution >= 0.6 is 0 Å². The van der Waals surface area contributed by atoms with Crippen molar-refractivity contribution in [1.29, 1.82) is 0 Å². The quantitative estimate of drug-likeness (QED) is 0.0701. The molecule has 1 aliphatic carbocycles. The van der Waals surface area contributed by atoms with Crippen molar-refractivity contribution >= 4 is 34.5 Å². The van der Waals surface area contributed by atoms with Crippen LogP contribution in [-0.2, 0) is 44.5 Å². The molecule has 3 aromatic rings. The smallest absolute Gasteiger partial charge is 0.270 e. The maximum absolute atomic E-state index is 14.4. The summed E-state index contributed by atoms with van der Waals surface area (Å²) in [5.41, 5.74) is 1.14. The van der Waals surface area contributed by atoms with E-state index in [2.05, 4.69) is 31.2 Å². The van der Waals surface area contributed by atoms with Gasteiger partial charge in [-0.3, -0.25) is 24.1 Å². The number of para-hydroxylation sites is 1. The number of likely N-dealkylation sites (tertiary alicyclic amines) is 1. The van der Waals surface area contributed by atoms with Crippen LogP contribution in [-0.4, -0.2) is 155 Å². The van der Waals surface area contributed by atoms with Crippen LogP contribution in [0, 0.1) is 11.8 Å². The largest absolute Gasteiger partial charge is 0.390 e. The molecule has 358 valence electrons. The topological polar surface area (TPSA) is 199 Å². The Morgan fingerprint density at radius 1 is 0.785 bits per heavy atom. The molecule has 16 nitrogen and oxygen atoms in total. The molecule has 1 aliphatic heterocycles. The van der Waals surface area contributed by atoms with E-state index in [1.165, 1.54) is 0 Å². The summed E-state index contributed by atoms with van der Waals surface area (Å²) in [5.74, 6) is -0.952. The van der Waals surface area contributed by atoms with Gasteiger partial charge in [-0.1, -0.05) is 73.9 Å². The van der Waals surface area contributed by atoms with Crippen molar-refractivity contribution in [2.75, 3.05) is 86.2 Å². The Balaban J connectivity index is 1.22. The Bertz CT molecular complexity index is 1910. The summed E-state index contributed by atoms with van der Waals surface area (Å²) in [6, 6.07) is 17.7. The maximum atomic E-state index is 14.4. The number of carbonyl (C=O) groups is 4. The van der Waals surface area contributed by atoms with Gasteiger partial charge in [0.15, 0.2) is 0 Å². The summed E-state index contributed by atoms with van der Waals surface area (Å²) in [6.07, 6.45) is 3.96. The fourth-order valence-electron chi connectivity index (χ4n) is 8.49. The molecule has 2 aromatic carbocycles. The summed E-state index contributed by atoms with van der Waals surface area (Å²) in [7, 11) is 1.62. The Morgan fingerprint density at radius 3 is 2.09 bits per heavy atom. The van der Waals surface area contributed by atoms with Crippen molar-refractivity contribution in [2.24, 2.45) is 11.8 Å². The highest BCUT2D eigenvalue weighted by atomic mass is 16.6. The lowest BCUT2D eigenvalue weighted by Crippen LogP contribution is -2.61. The maximum Gasteiger partial charge on any atom is 0.270 e. The van der Waals surface area contributed by atoms with Crippen LogP contribution in [0.3, 0.4) is 0 Å². The Labute approximate surface area is 384 Å². The number of nitrogens with one attached hydrogen (secondary N) is 4. The molecule has 5 N–H and O–H groups in total. The number of ether oxygens (including phenoxy) is 5. The highest BCUT2D eigenvalue weighted by molar-refractivity contribution is 5.99. The predicted octanol–water partition coefficient (Wildman–Crippen LogP) is 3.44. The van der Waals surface area contributed by atoms with Gasteiger partial charge in [-0.2, -0.15) is 0 Å². The van der Waals surface area contributed by atoms with Crippen molar-refractivity contribution in [3.05, 3.63) is 78.0 Å². The van der Waals surface area contributed by atoms with Crippen LogP contribution in [0.4, 0.5) is 0 Å². The second kappa shape index (κ2) is 27.2. The molecule has 0 spiro atoms. The summed E-state index contributed by atoms with van der Waals surface area (Å²) < 4.78 is 26.9. The molecule has 1 aromatic heterocycles. The number of aliphatic hydroxyl groups excluding tert-OH is 1. The molecule has 2 fully saturated rings. The first kappa shape index (κ1) is 51.4. The van der Waals surface area contributed by atoms with E-state index in [1.54, 1.807) is 25.3 Å². The number of rotatable bonds is 27. The first-order valence-corrected chi connectivity index (χ1v) is 23.2. The minimum Gasteiger partial charge on any atom is -0.390 e. The molecule has 6 atom stereocenters. The van der Waals surface area contributed by atoms with E-state index in [4.69, 9.17) is 23.7 Å². The number of aromatic nitrogens is 1. The van der Waals surface area contributed by atoms with Crippen LogP contribution in [0.15, 0.2) is 66.7 Å². The minimum atomic E-state index is -1.32. The average Bonchev–Trinajstić information content (AvgIpc) is 3.29. The number of β-amino-alcohol motifs (C(OH)–C–C–N with tert-alkyl or cyclic N) is 1. The van der Waals surface area contributed by atoms with Crippen LogP contribution in [0.5, 0.6) is 0 Å². The molecule has 1 saturated heterocycles. The fraction of sp³-hybridized carbons (Fsp3) is 0.612. The van der Waals surface area contributed by atoms with Gasteiger partial charge in [-0.05, 0) is 69.6 Å². The molecule has 5 rings (SSSR count). The minimum absolute atomic E-state index is 0.0651. The highest BCUT2D eigenvalue weighted by Gasteiger charge is 2.42. The summed E-state index contributed by atoms with van der Waals surface area (Å²) in [6.45, 7) is 10.5. The number of amides is 4. The van der Waals surface area contributed by atoms with Crippen molar-refractivity contribution in [3.63, 3.8) is 0 Å². The van der Waals surface area contributed by atoms with Gasteiger partial charge in [0.25, 0.3) is 5.91 Å². The van der Waals surface area contributed by atoms with Crippen molar-refractivity contribution in [3.8, 4) is 0 Å². The third-order valence-electron chi connectivity index (χ3n) is 11.8. The SMILES string of the molecule is COCCOCCOCCOCCOCCNC(=O)C[C@H](NC(=O)c1ccc2ccccc2n1)C(=O)N[C@@H](Cc1ccccc1)[C@H](O)CN1C[C@H]2CCCC[C@H]2C[C@H]1C(=O)NC(C)(C)C. The van der Waals surface area contributed by atoms with Crippen molar-refractivity contribution in [2.45, 2.75) is 95.5 Å². The Kier molecular flexibility index (Phi) is 21.5. The third-order valence-corrected chi connectivity index (χ3v) is 11.8. The van der Waals surface area contributed by atoms with Gasteiger partial charge in [0.1, 0.15) is 11.7 Å². The zero-order chi connectivity index (χ0) is 46.4. The van der Waals surface area contributed by atoms with E-state index < -0.39 is 47.5 Å². The number of methoxy groups -OCH3 is 1. The normalized spacial score (nSPS) is 19.1. The monoisotopic (exact) mass is 905 g/mol. The first-order valence-electron chi connectivity index (χ1n) is 23.2. The molecule has 4 amide bonds. The molecular weight excluding hydrogens is 833 g/mol. The van der Waals surface area contributed by atoms with E-state index in [-0.39, 0.29) is 44.1 Å². The van der Waals surface area contributed by atoms with Crippen LogP contribution < -0.4 is 21.3 Å². The molecule has 0 unspecified atom stereocenters. The van der Waals surface area contributed by atoms with Gasteiger partial charge in [0, 0.05) is 37.7 Å². The Hall–Kier alpha value is -4.55. The van der Waals surface area contributed by atoms with E-state index in [1.807, 2.05) is 69.3 Å². The Morgan fingerprint density at radius 2 is 1.42 bits per heavy atom. The number of benzene rings is 2. The highest BCUT2D eigenvalue weighted by Crippen LogP contribution is 2.39. The van der Waals surface area contributed by atoms with Gasteiger partial charge < -0.3 is 50.1 Å². The molecule has 2 heterocycles. The molecule has 0 bridgehead atoms. The van der Waals surface area contributed by atoms with Gasteiger partial charge in [0.2, 0.25) is 17.7 Å². The molecule has 2 aliphatic rings. The number of fused-ring (bicyclic) bond motifs is 2. The number of pyridine rings is 1. The van der Waals surface area contributed by atoms with Gasteiger partial charge in [-0.15, -0.1) is 0 Å². The van der Waals surface area contributed by atoms with E-state index >= 15 is 0 Å². The number of carbonyl (C=O) groups excluding carboxylic acids is 4. The lowest BCUT2D eigenvalue weighted by molar-refractivity contribution is -0.133.